The van der Waals surface area contributed by atoms with Crippen LogP contribution in [0.2, 0.25) is 0 Å². The molecule has 78 valence electrons. The van der Waals surface area contributed by atoms with Crippen molar-refractivity contribution in [2.45, 2.75) is 11.6 Å². The third-order valence-electron chi connectivity index (χ3n) is 2.11. The summed E-state index contributed by atoms with van der Waals surface area (Å²) in [5.74, 6) is 0. The first-order valence-electron chi connectivity index (χ1n) is 3.74. The first kappa shape index (κ1) is 16.8. The summed E-state index contributed by atoms with van der Waals surface area (Å²) in [7, 11) is 0. The maximum absolute atomic E-state index is 2.72. The van der Waals surface area contributed by atoms with Crippen LogP contribution in [0.4, 0.5) is 0 Å². The Morgan fingerprint density at radius 1 is 1.07 bits per heavy atom. The minimum Gasteiger partial charge on any atom is -0.147 e. The standard InChI is InChI=1S/C10H9.3ClH.V/c1-8-6-9-4-2-3-5-10(9)7-8;;;;/h2-7H,1H3;3*1H;. The minimum atomic E-state index is 0. The summed E-state index contributed by atoms with van der Waals surface area (Å²) in [5, 5.41) is 0. The summed E-state index contributed by atoms with van der Waals surface area (Å²) in [5.41, 5.74) is 4.28. The van der Waals surface area contributed by atoms with Gasteiger partial charge in [-0.3, -0.25) is 0 Å². The van der Waals surface area contributed by atoms with E-state index in [2.05, 4.69) is 54.7 Å². The fraction of sp³-hybridized carbons (Fsp3) is 0.200. The second kappa shape index (κ2) is 6.82. The fourth-order valence-corrected chi connectivity index (χ4v) is 1.94. The van der Waals surface area contributed by atoms with Gasteiger partial charge in [-0.25, -0.2) is 0 Å². The van der Waals surface area contributed by atoms with Gasteiger partial charge in [0.25, 0.3) is 0 Å². The molecule has 2 rings (SSSR count). The van der Waals surface area contributed by atoms with Crippen LogP contribution in [0, 0.1) is 0 Å². The molecule has 1 unspecified atom stereocenters. The molecule has 0 saturated heterocycles. The molecule has 4 heteroatoms. The van der Waals surface area contributed by atoms with Crippen molar-refractivity contribution in [3.8, 4) is 0 Å². The zero-order chi connectivity index (χ0) is 7.84. The molecule has 14 heavy (non-hydrogen) atoms. The van der Waals surface area contributed by atoms with E-state index < -0.39 is 0 Å². The van der Waals surface area contributed by atoms with Crippen LogP contribution in [-0.4, -0.2) is 0 Å². The van der Waals surface area contributed by atoms with Gasteiger partial charge in [-0.1, -0.05) is 0 Å². The molecule has 0 heterocycles. The molecule has 0 N–H and O–H groups in total. The van der Waals surface area contributed by atoms with Crippen molar-refractivity contribution in [1.29, 1.82) is 0 Å². The molecule has 0 saturated carbocycles. The molecule has 0 nitrogen and oxygen atoms in total. The van der Waals surface area contributed by atoms with Crippen LogP contribution in [-0.2, 0) is 17.4 Å². The van der Waals surface area contributed by atoms with E-state index in [9.17, 15) is 0 Å². The maximum Gasteiger partial charge on any atom is -0.147 e. The van der Waals surface area contributed by atoms with E-state index in [1.165, 1.54) is 16.7 Å². The van der Waals surface area contributed by atoms with Crippen LogP contribution < -0.4 is 0 Å². The molecule has 0 radical (unpaired) electrons. The van der Waals surface area contributed by atoms with Crippen LogP contribution in [0.3, 0.4) is 0 Å². The summed E-state index contributed by atoms with van der Waals surface area (Å²) >= 11 is 2.72. The average molecular weight is 290 g/mol. The van der Waals surface area contributed by atoms with Gasteiger partial charge in [0.2, 0.25) is 0 Å². The van der Waals surface area contributed by atoms with Crippen LogP contribution in [0.15, 0.2) is 29.8 Å². The monoisotopic (exact) mass is 288 g/mol. The van der Waals surface area contributed by atoms with Gasteiger partial charge in [-0.05, 0) is 0 Å². The number of allylic oxidation sites excluding steroid dienone is 1. The van der Waals surface area contributed by atoms with Crippen molar-refractivity contribution in [2.24, 2.45) is 0 Å². The van der Waals surface area contributed by atoms with E-state index in [-0.39, 0.29) is 37.2 Å². The molecular weight excluding hydrogens is 277 g/mol. The van der Waals surface area contributed by atoms with E-state index in [1.807, 2.05) is 0 Å². The van der Waals surface area contributed by atoms with Crippen molar-refractivity contribution in [3.05, 3.63) is 41.0 Å². The van der Waals surface area contributed by atoms with Gasteiger partial charge in [0.05, 0.1) is 0 Å². The van der Waals surface area contributed by atoms with Crippen molar-refractivity contribution >= 4 is 43.3 Å². The number of benzene rings is 1. The van der Waals surface area contributed by atoms with Crippen LogP contribution >= 0.6 is 37.2 Å². The van der Waals surface area contributed by atoms with Crippen molar-refractivity contribution in [2.75, 3.05) is 0 Å². The van der Waals surface area contributed by atoms with Crippen molar-refractivity contribution in [3.63, 3.8) is 0 Å². The Labute approximate surface area is 113 Å². The Balaban J connectivity index is 0. The van der Waals surface area contributed by atoms with Crippen molar-refractivity contribution in [1.82, 2.24) is 0 Å². The van der Waals surface area contributed by atoms with Crippen LogP contribution in [0.25, 0.3) is 6.08 Å². The Kier molecular flexibility index (Phi) is 8.20. The molecule has 0 spiro atoms. The van der Waals surface area contributed by atoms with Gasteiger partial charge in [-0.2, -0.15) is 0 Å². The van der Waals surface area contributed by atoms with E-state index in [0.717, 1.165) is 0 Å². The minimum absolute atomic E-state index is 0. The normalized spacial score (nSPS) is 16.6. The predicted molar refractivity (Wildman–Crippen MR) is 64.6 cm³/mol. The molecule has 0 aliphatic heterocycles. The maximum atomic E-state index is 2.72. The number of rotatable bonds is 0. The number of fused-ring (bicyclic) bond motifs is 1. The first-order chi connectivity index (χ1) is 5.29. The summed E-state index contributed by atoms with van der Waals surface area (Å²) in [4.78, 5) is 0. The topological polar surface area (TPSA) is 0 Å². The SMILES string of the molecule is CC1=Cc2ccccc2[CH]1[V].Cl.Cl.Cl. The Morgan fingerprint density at radius 3 is 2.21 bits per heavy atom. The number of hydrogen-bond acceptors (Lipinski definition) is 0. The Hall–Kier alpha value is 0.414. The number of hydrogen-bond donors (Lipinski definition) is 0. The molecular formula is C10H12Cl3V. The molecule has 1 aliphatic carbocycles. The van der Waals surface area contributed by atoms with Gasteiger partial charge in [0, 0.05) is 0 Å². The van der Waals surface area contributed by atoms with E-state index >= 15 is 0 Å². The summed E-state index contributed by atoms with van der Waals surface area (Å²) in [6.45, 7) is 2.18. The van der Waals surface area contributed by atoms with Gasteiger partial charge in [-0.15, -0.1) is 37.2 Å². The second-order valence-electron chi connectivity index (χ2n) is 2.92. The summed E-state index contributed by atoms with van der Waals surface area (Å²) in [6.07, 6.45) is 2.26. The third kappa shape index (κ3) is 2.95. The quantitative estimate of drug-likeness (QED) is 0.678. The van der Waals surface area contributed by atoms with E-state index in [4.69, 9.17) is 0 Å². The molecule has 0 bridgehead atoms. The van der Waals surface area contributed by atoms with Gasteiger partial charge < -0.3 is 0 Å². The van der Waals surface area contributed by atoms with Crippen LogP contribution in [0.1, 0.15) is 22.7 Å². The fourth-order valence-electron chi connectivity index (χ4n) is 1.46. The molecule has 1 aromatic carbocycles. The Bertz CT molecular complexity index is 323. The van der Waals surface area contributed by atoms with Crippen LogP contribution in [0.5, 0.6) is 0 Å². The third-order valence-corrected chi connectivity index (χ3v) is 3.18. The van der Waals surface area contributed by atoms with Gasteiger partial charge >= 0.3 is 76.0 Å². The van der Waals surface area contributed by atoms with E-state index in [1.54, 1.807) is 0 Å². The molecule has 1 aromatic rings. The average Bonchev–Trinajstić information content (AvgIpc) is 2.30. The molecule has 0 aromatic heterocycles. The predicted octanol–water partition coefficient (Wildman–Crippen LogP) is 3.96. The number of halogens is 3. The zero-order valence-corrected chi connectivity index (χ0v) is 11.5. The largest absolute Gasteiger partial charge is 0.147 e. The first-order valence-corrected chi connectivity index (χ1v) is 4.55. The molecule has 0 fully saturated rings. The molecule has 1 atom stereocenters. The van der Waals surface area contributed by atoms with Crippen molar-refractivity contribution < 1.29 is 17.4 Å². The zero-order valence-electron chi connectivity index (χ0n) is 7.64. The summed E-state index contributed by atoms with van der Waals surface area (Å²) < 4.78 is 0.568. The van der Waals surface area contributed by atoms with E-state index in [0.29, 0.717) is 4.63 Å². The van der Waals surface area contributed by atoms with Gasteiger partial charge in [0.1, 0.15) is 0 Å². The summed E-state index contributed by atoms with van der Waals surface area (Å²) in [6, 6.07) is 8.57. The molecule has 1 aliphatic rings. The van der Waals surface area contributed by atoms with Gasteiger partial charge in [0.15, 0.2) is 0 Å². The smallest absolute Gasteiger partial charge is 0.147 e. The molecule has 0 amide bonds. The Morgan fingerprint density at radius 2 is 1.64 bits per heavy atom. The second-order valence-corrected chi connectivity index (χ2v) is 3.73.